The molecule has 0 saturated carbocycles. The first-order valence-corrected chi connectivity index (χ1v) is 13.3. The highest BCUT2D eigenvalue weighted by Crippen LogP contribution is 2.24. The fourth-order valence-corrected chi connectivity index (χ4v) is 5.08. The van der Waals surface area contributed by atoms with Gasteiger partial charge in [0.15, 0.2) is 0 Å². The third kappa shape index (κ3) is 7.71. The number of nitrogens with one attached hydrogen (secondary N) is 1. The number of carbonyl (C=O) groups is 1. The van der Waals surface area contributed by atoms with E-state index in [0.29, 0.717) is 19.7 Å². The molecule has 2 aromatic carbocycles. The molecule has 2 heterocycles. The molecular formula is C29H42N4O2. The molecule has 6 nitrogen and oxygen atoms in total. The maximum absolute atomic E-state index is 12.1. The van der Waals surface area contributed by atoms with Crippen molar-refractivity contribution in [3.05, 3.63) is 59.2 Å². The highest BCUT2D eigenvalue weighted by molar-refractivity contribution is 5.77. The fraction of sp³-hybridized carbons (Fsp3) is 0.552. The largest absolute Gasteiger partial charge is 0.494 e. The van der Waals surface area contributed by atoms with Crippen molar-refractivity contribution in [2.24, 2.45) is 0 Å². The molecule has 0 spiro atoms. The van der Waals surface area contributed by atoms with Crippen LogP contribution in [0.5, 0.6) is 5.75 Å². The van der Waals surface area contributed by atoms with E-state index >= 15 is 0 Å². The van der Waals surface area contributed by atoms with Gasteiger partial charge in [-0.15, -0.1) is 0 Å². The summed E-state index contributed by atoms with van der Waals surface area (Å²) in [6.45, 7) is 13.5. The molecule has 2 aliphatic heterocycles. The van der Waals surface area contributed by atoms with Crippen LogP contribution in [-0.2, 0) is 11.3 Å². The molecular weight excluding hydrogens is 436 g/mol. The summed E-state index contributed by atoms with van der Waals surface area (Å²) in [6, 6.07) is 15.1. The van der Waals surface area contributed by atoms with E-state index in [0.717, 1.165) is 58.0 Å². The Hall–Kier alpha value is -2.57. The Balaban J connectivity index is 1.14. The summed E-state index contributed by atoms with van der Waals surface area (Å²) in [4.78, 5) is 19.4. The SMILES string of the molecule is Cc1cccc(N2CCN(Cc3cccc(OCCCNC(=O)CN4CCCCC4)c3)CC2)c1C. The third-order valence-corrected chi connectivity index (χ3v) is 7.32. The zero-order valence-electron chi connectivity index (χ0n) is 21.6. The van der Waals surface area contributed by atoms with Gasteiger partial charge in [0, 0.05) is 45.0 Å². The summed E-state index contributed by atoms with van der Waals surface area (Å²) in [7, 11) is 0. The van der Waals surface area contributed by atoms with Crippen LogP contribution in [0, 0.1) is 13.8 Å². The van der Waals surface area contributed by atoms with Gasteiger partial charge < -0.3 is 15.0 Å². The van der Waals surface area contributed by atoms with Crippen LogP contribution in [0.1, 0.15) is 42.4 Å². The molecule has 0 aliphatic carbocycles. The second-order valence-electron chi connectivity index (χ2n) is 10.0. The van der Waals surface area contributed by atoms with Gasteiger partial charge in [-0.05, 0) is 81.1 Å². The van der Waals surface area contributed by atoms with Crippen LogP contribution in [0.3, 0.4) is 0 Å². The number of amides is 1. The Morgan fingerprint density at radius 1 is 0.914 bits per heavy atom. The lowest BCUT2D eigenvalue weighted by molar-refractivity contribution is -0.122. The normalized spacial score (nSPS) is 17.4. The summed E-state index contributed by atoms with van der Waals surface area (Å²) in [5, 5.41) is 3.03. The standard InChI is InChI=1S/C29H42N4O2/c1-24-9-6-12-28(25(24)2)33-18-16-32(17-19-33)22-26-10-7-11-27(21-26)35-20-8-13-30-29(34)23-31-14-4-3-5-15-31/h6-7,9-12,21H,3-5,8,13-20,22-23H2,1-2H3,(H,30,34). The number of benzene rings is 2. The number of ether oxygens (including phenoxy) is 1. The van der Waals surface area contributed by atoms with Crippen LogP contribution in [0.2, 0.25) is 0 Å². The zero-order chi connectivity index (χ0) is 24.5. The summed E-state index contributed by atoms with van der Waals surface area (Å²) in [6.07, 6.45) is 4.53. The van der Waals surface area contributed by atoms with E-state index in [4.69, 9.17) is 4.74 Å². The zero-order valence-corrected chi connectivity index (χ0v) is 21.6. The molecule has 2 saturated heterocycles. The molecule has 2 aromatic rings. The van der Waals surface area contributed by atoms with Gasteiger partial charge in [0.25, 0.3) is 0 Å². The Bertz CT molecular complexity index is 949. The van der Waals surface area contributed by atoms with Crippen molar-refractivity contribution in [1.29, 1.82) is 0 Å². The van der Waals surface area contributed by atoms with Crippen molar-refractivity contribution < 1.29 is 9.53 Å². The van der Waals surface area contributed by atoms with E-state index < -0.39 is 0 Å². The van der Waals surface area contributed by atoms with Gasteiger partial charge in [-0.3, -0.25) is 14.6 Å². The van der Waals surface area contributed by atoms with Gasteiger partial charge in [0.05, 0.1) is 13.2 Å². The van der Waals surface area contributed by atoms with Crippen LogP contribution in [0.25, 0.3) is 0 Å². The van der Waals surface area contributed by atoms with Gasteiger partial charge in [-0.25, -0.2) is 0 Å². The quantitative estimate of drug-likeness (QED) is 0.523. The predicted molar refractivity (Wildman–Crippen MR) is 143 cm³/mol. The number of piperidine rings is 1. The molecule has 0 aromatic heterocycles. The molecule has 0 unspecified atom stereocenters. The monoisotopic (exact) mass is 478 g/mol. The van der Waals surface area contributed by atoms with E-state index in [1.54, 1.807) is 0 Å². The molecule has 190 valence electrons. The predicted octanol–water partition coefficient (Wildman–Crippen LogP) is 4.00. The van der Waals surface area contributed by atoms with Gasteiger partial charge in [0.1, 0.15) is 5.75 Å². The molecule has 0 radical (unpaired) electrons. The second-order valence-corrected chi connectivity index (χ2v) is 10.0. The summed E-state index contributed by atoms with van der Waals surface area (Å²) >= 11 is 0. The second kappa shape index (κ2) is 12.9. The van der Waals surface area contributed by atoms with Gasteiger partial charge >= 0.3 is 0 Å². The number of hydrogen-bond donors (Lipinski definition) is 1. The van der Waals surface area contributed by atoms with E-state index in [9.17, 15) is 4.79 Å². The molecule has 1 amide bonds. The Morgan fingerprint density at radius 3 is 2.49 bits per heavy atom. The van der Waals surface area contributed by atoms with Gasteiger partial charge in [-0.2, -0.15) is 0 Å². The fourth-order valence-electron chi connectivity index (χ4n) is 5.08. The number of rotatable bonds is 10. The Morgan fingerprint density at radius 2 is 1.69 bits per heavy atom. The van der Waals surface area contributed by atoms with Gasteiger partial charge in [-0.1, -0.05) is 30.7 Å². The molecule has 2 aliphatic rings. The average Bonchev–Trinajstić information content (AvgIpc) is 2.87. The van der Waals surface area contributed by atoms with Crippen LogP contribution in [0.15, 0.2) is 42.5 Å². The molecule has 0 atom stereocenters. The molecule has 35 heavy (non-hydrogen) atoms. The minimum absolute atomic E-state index is 0.131. The van der Waals surface area contributed by atoms with Crippen molar-refractivity contribution in [2.45, 2.75) is 46.1 Å². The lowest BCUT2D eigenvalue weighted by Gasteiger charge is -2.37. The first kappa shape index (κ1) is 25.5. The van der Waals surface area contributed by atoms with Crippen molar-refractivity contribution in [3.8, 4) is 5.75 Å². The van der Waals surface area contributed by atoms with E-state index in [1.165, 1.54) is 41.6 Å². The van der Waals surface area contributed by atoms with Crippen molar-refractivity contribution in [2.75, 3.05) is 63.9 Å². The average molecular weight is 479 g/mol. The van der Waals surface area contributed by atoms with E-state index in [2.05, 4.69) is 70.3 Å². The van der Waals surface area contributed by atoms with Crippen molar-refractivity contribution in [1.82, 2.24) is 15.1 Å². The minimum Gasteiger partial charge on any atom is -0.494 e. The number of hydrogen-bond acceptors (Lipinski definition) is 5. The van der Waals surface area contributed by atoms with Crippen LogP contribution >= 0.6 is 0 Å². The lowest BCUT2D eigenvalue weighted by atomic mass is 10.1. The van der Waals surface area contributed by atoms with Crippen LogP contribution < -0.4 is 15.0 Å². The number of anilines is 1. The maximum Gasteiger partial charge on any atom is 0.234 e. The molecule has 0 bridgehead atoms. The highest BCUT2D eigenvalue weighted by atomic mass is 16.5. The molecule has 1 N–H and O–H groups in total. The first-order valence-electron chi connectivity index (χ1n) is 13.3. The molecule has 4 rings (SSSR count). The molecule has 2 fully saturated rings. The highest BCUT2D eigenvalue weighted by Gasteiger charge is 2.19. The summed E-state index contributed by atoms with van der Waals surface area (Å²) < 4.78 is 5.98. The number of aryl methyl sites for hydroxylation is 1. The summed E-state index contributed by atoms with van der Waals surface area (Å²) in [5.74, 6) is 1.04. The lowest BCUT2D eigenvalue weighted by Crippen LogP contribution is -2.46. The number of nitrogens with zero attached hydrogens (tertiary/aromatic N) is 3. The number of likely N-dealkylation sites (tertiary alicyclic amines) is 1. The number of piperazine rings is 1. The van der Waals surface area contributed by atoms with Crippen molar-refractivity contribution in [3.63, 3.8) is 0 Å². The maximum atomic E-state index is 12.1. The third-order valence-electron chi connectivity index (χ3n) is 7.32. The minimum atomic E-state index is 0.131. The Labute approximate surface area is 211 Å². The Kier molecular flexibility index (Phi) is 9.43. The summed E-state index contributed by atoms with van der Waals surface area (Å²) in [5.41, 5.74) is 5.43. The first-order chi connectivity index (χ1) is 17.1. The molecule has 6 heteroatoms. The van der Waals surface area contributed by atoms with E-state index in [-0.39, 0.29) is 5.91 Å². The van der Waals surface area contributed by atoms with Crippen LogP contribution in [-0.4, -0.2) is 74.7 Å². The van der Waals surface area contributed by atoms with E-state index in [1.807, 2.05) is 6.07 Å². The van der Waals surface area contributed by atoms with Crippen molar-refractivity contribution >= 4 is 11.6 Å². The van der Waals surface area contributed by atoms with Gasteiger partial charge in [0.2, 0.25) is 5.91 Å². The smallest absolute Gasteiger partial charge is 0.234 e. The topological polar surface area (TPSA) is 48.1 Å². The van der Waals surface area contributed by atoms with Crippen LogP contribution in [0.4, 0.5) is 5.69 Å². The number of carbonyl (C=O) groups excluding carboxylic acids is 1.